The Morgan fingerprint density at radius 3 is 2.76 bits per heavy atom. The molecule has 3 heteroatoms. The molecule has 0 bridgehead atoms. The molecule has 0 aliphatic carbocycles. The van der Waals surface area contributed by atoms with E-state index in [0.29, 0.717) is 4.83 Å². The average molecular weight is 295 g/mol. The van der Waals surface area contributed by atoms with Gasteiger partial charge in [-0.3, -0.25) is 0 Å². The van der Waals surface area contributed by atoms with Crippen molar-refractivity contribution in [2.45, 2.75) is 45.0 Å². The van der Waals surface area contributed by atoms with Gasteiger partial charge in [-0.25, -0.2) is 4.98 Å². The monoisotopic (exact) mass is 294 g/mol. The minimum absolute atomic E-state index is 0.349. The SMILES string of the molecule is CCCn1c(C(Br)CC)nc2cc(C)ccc21. The van der Waals surface area contributed by atoms with Crippen molar-refractivity contribution in [1.82, 2.24) is 9.55 Å². The molecule has 1 aromatic heterocycles. The Balaban J connectivity index is 2.61. The van der Waals surface area contributed by atoms with Gasteiger partial charge in [0.2, 0.25) is 0 Å². The molecular formula is C14H19BrN2. The van der Waals surface area contributed by atoms with Crippen molar-refractivity contribution in [3.63, 3.8) is 0 Å². The van der Waals surface area contributed by atoms with Gasteiger partial charge in [0.1, 0.15) is 5.82 Å². The molecule has 0 aliphatic rings. The lowest BCUT2D eigenvalue weighted by atomic mass is 10.2. The maximum atomic E-state index is 4.78. The highest BCUT2D eigenvalue weighted by Gasteiger charge is 2.15. The van der Waals surface area contributed by atoms with Gasteiger partial charge in [0.15, 0.2) is 0 Å². The van der Waals surface area contributed by atoms with E-state index >= 15 is 0 Å². The molecule has 17 heavy (non-hydrogen) atoms. The van der Waals surface area contributed by atoms with Crippen LogP contribution in [0.4, 0.5) is 0 Å². The molecule has 2 rings (SSSR count). The van der Waals surface area contributed by atoms with Gasteiger partial charge in [0, 0.05) is 6.54 Å². The summed E-state index contributed by atoms with van der Waals surface area (Å²) in [6.45, 7) is 7.54. The van der Waals surface area contributed by atoms with Crippen LogP contribution in [0.25, 0.3) is 11.0 Å². The first-order chi connectivity index (χ1) is 8.17. The second-order valence-electron chi connectivity index (χ2n) is 4.49. The second kappa shape index (κ2) is 5.21. The summed E-state index contributed by atoms with van der Waals surface area (Å²) in [6, 6.07) is 6.52. The van der Waals surface area contributed by atoms with E-state index in [4.69, 9.17) is 4.98 Å². The van der Waals surface area contributed by atoms with Crippen LogP contribution in [0.15, 0.2) is 18.2 Å². The summed E-state index contributed by atoms with van der Waals surface area (Å²) < 4.78 is 2.34. The Bertz CT molecular complexity index is 516. The topological polar surface area (TPSA) is 17.8 Å². The van der Waals surface area contributed by atoms with E-state index in [2.05, 4.69) is 59.5 Å². The molecule has 2 aromatic rings. The van der Waals surface area contributed by atoms with E-state index in [1.165, 1.54) is 11.1 Å². The molecular weight excluding hydrogens is 276 g/mol. The third-order valence-corrected chi connectivity index (χ3v) is 4.08. The van der Waals surface area contributed by atoms with Crippen LogP contribution in [0, 0.1) is 6.92 Å². The zero-order chi connectivity index (χ0) is 12.4. The second-order valence-corrected chi connectivity index (χ2v) is 5.59. The van der Waals surface area contributed by atoms with Crippen LogP contribution < -0.4 is 0 Å². The first-order valence-corrected chi connectivity index (χ1v) is 7.19. The Hall–Kier alpha value is -0.830. The first-order valence-electron chi connectivity index (χ1n) is 6.28. The summed E-state index contributed by atoms with van der Waals surface area (Å²) in [5, 5.41) is 0. The van der Waals surface area contributed by atoms with E-state index < -0.39 is 0 Å². The van der Waals surface area contributed by atoms with Gasteiger partial charge in [-0.2, -0.15) is 0 Å². The van der Waals surface area contributed by atoms with E-state index in [1.807, 2.05) is 0 Å². The summed E-state index contributed by atoms with van der Waals surface area (Å²) in [7, 11) is 0. The number of rotatable bonds is 4. The van der Waals surface area contributed by atoms with Gasteiger partial charge in [0.05, 0.1) is 15.9 Å². The van der Waals surface area contributed by atoms with Crippen LogP contribution in [-0.4, -0.2) is 9.55 Å². The molecule has 0 aliphatic heterocycles. The van der Waals surface area contributed by atoms with Crippen LogP contribution in [0.2, 0.25) is 0 Å². The minimum Gasteiger partial charge on any atom is -0.327 e. The van der Waals surface area contributed by atoms with Gasteiger partial charge in [-0.05, 0) is 37.5 Å². The molecule has 0 spiro atoms. The lowest BCUT2D eigenvalue weighted by Gasteiger charge is -2.10. The predicted octanol–water partition coefficient (Wildman–Crippen LogP) is 4.60. The highest BCUT2D eigenvalue weighted by molar-refractivity contribution is 9.09. The van der Waals surface area contributed by atoms with E-state index in [9.17, 15) is 0 Å². The lowest BCUT2D eigenvalue weighted by Crippen LogP contribution is -2.04. The number of hydrogen-bond donors (Lipinski definition) is 0. The minimum atomic E-state index is 0.349. The maximum absolute atomic E-state index is 4.78. The molecule has 1 aromatic carbocycles. The van der Waals surface area contributed by atoms with Gasteiger partial charge in [-0.1, -0.05) is 35.8 Å². The lowest BCUT2D eigenvalue weighted by molar-refractivity contribution is 0.644. The van der Waals surface area contributed by atoms with E-state index in [-0.39, 0.29) is 0 Å². The van der Waals surface area contributed by atoms with Crippen molar-refractivity contribution in [2.75, 3.05) is 0 Å². The van der Waals surface area contributed by atoms with Crippen LogP contribution in [0.3, 0.4) is 0 Å². The Morgan fingerprint density at radius 2 is 2.12 bits per heavy atom. The number of halogens is 1. The number of alkyl halides is 1. The van der Waals surface area contributed by atoms with Crippen molar-refractivity contribution >= 4 is 27.0 Å². The van der Waals surface area contributed by atoms with Gasteiger partial charge >= 0.3 is 0 Å². The number of fused-ring (bicyclic) bond motifs is 1. The first kappa shape index (κ1) is 12.6. The summed E-state index contributed by atoms with van der Waals surface area (Å²) in [4.78, 5) is 5.13. The van der Waals surface area contributed by atoms with E-state index in [1.54, 1.807) is 0 Å². The standard InChI is InChI=1S/C14H19BrN2/c1-4-8-17-13-7-6-10(3)9-12(13)16-14(17)11(15)5-2/h6-7,9,11H,4-5,8H2,1-3H3. The number of aryl methyl sites for hydroxylation is 2. The van der Waals surface area contributed by atoms with Crippen molar-refractivity contribution in [2.24, 2.45) is 0 Å². The smallest absolute Gasteiger partial charge is 0.123 e. The predicted molar refractivity (Wildman–Crippen MR) is 76.7 cm³/mol. The molecule has 0 amide bonds. The molecule has 0 N–H and O–H groups in total. The third kappa shape index (κ3) is 2.39. The normalized spacial score (nSPS) is 13.2. The summed E-state index contributed by atoms with van der Waals surface area (Å²) >= 11 is 3.72. The quantitative estimate of drug-likeness (QED) is 0.754. The third-order valence-electron chi connectivity index (χ3n) is 3.02. The van der Waals surface area contributed by atoms with Crippen molar-refractivity contribution < 1.29 is 0 Å². The van der Waals surface area contributed by atoms with Crippen molar-refractivity contribution in [3.05, 3.63) is 29.6 Å². The highest BCUT2D eigenvalue weighted by Crippen LogP contribution is 2.29. The fraction of sp³-hybridized carbons (Fsp3) is 0.500. The van der Waals surface area contributed by atoms with Crippen LogP contribution in [-0.2, 0) is 6.54 Å². The van der Waals surface area contributed by atoms with Crippen LogP contribution in [0.1, 0.15) is 42.9 Å². The van der Waals surface area contributed by atoms with Gasteiger partial charge in [-0.15, -0.1) is 0 Å². The summed E-state index contributed by atoms with van der Waals surface area (Å²) in [5.74, 6) is 1.16. The molecule has 1 atom stereocenters. The zero-order valence-electron chi connectivity index (χ0n) is 10.7. The highest BCUT2D eigenvalue weighted by atomic mass is 79.9. The number of benzene rings is 1. The fourth-order valence-electron chi connectivity index (χ4n) is 2.14. The number of nitrogens with zero attached hydrogens (tertiary/aromatic N) is 2. The summed E-state index contributed by atoms with van der Waals surface area (Å²) in [6.07, 6.45) is 2.20. The molecule has 1 unspecified atom stereocenters. The molecule has 1 heterocycles. The van der Waals surface area contributed by atoms with Crippen LogP contribution in [0.5, 0.6) is 0 Å². The number of imidazole rings is 1. The molecule has 0 fully saturated rings. The van der Waals surface area contributed by atoms with Crippen molar-refractivity contribution in [3.8, 4) is 0 Å². The number of aromatic nitrogens is 2. The van der Waals surface area contributed by atoms with Crippen LogP contribution >= 0.6 is 15.9 Å². The summed E-state index contributed by atoms with van der Waals surface area (Å²) in [5.41, 5.74) is 3.64. The average Bonchev–Trinajstić information content (AvgIpc) is 2.67. The van der Waals surface area contributed by atoms with E-state index in [0.717, 1.165) is 30.7 Å². The zero-order valence-corrected chi connectivity index (χ0v) is 12.3. The molecule has 0 radical (unpaired) electrons. The van der Waals surface area contributed by atoms with Crippen molar-refractivity contribution in [1.29, 1.82) is 0 Å². The molecule has 2 nitrogen and oxygen atoms in total. The molecule has 0 saturated heterocycles. The fourth-order valence-corrected chi connectivity index (χ4v) is 2.49. The Labute approximate surface area is 111 Å². The number of hydrogen-bond acceptors (Lipinski definition) is 1. The Kier molecular flexibility index (Phi) is 3.87. The molecule has 92 valence electrons. The largest absolute Gasteiger partial charge is 0.327 e. The maximum Gasteiger partial charge on any atom is 0.123 e. The van der Waals surface area contributed by atoms with Gasteiger partial charge < -0.3 is 4.57 Å². The molecule has 0 saturated carbocycles. The Morgan fingerprint density at radius 1 is 1.35 bits per heavy atom. The van der Waals surface area contributed by atoms with Gasteiger partial charge in [0.25, 0.3) is 0 Å².